The zero-order chi connectivity index (χ0) is 13.8. The van der Waals surface area contributed by atoms with Crippen molar-refractivity contribution in [2.75, 3.05) is 5.32 Å². The fraction of sp³-hybridized carbons (Fsp3) is 0. The highest BCUT2D eigenvalue weighted by molar-refractivity contribution is 6.31. The molecule has 3 nitrogen and oxygen atoms in total. The summed E-state index contributed by atoms with van der Waals surface area (Å²) in [5, 5.41) is 1.59. The number of amides is 1. The number of nitrogens with one attached hydrogen (secondary N) is 1. The largest absolute Gasteiger partial charge is 0.465 e. The van der Waals surface area contributed by atoms with Gasteiger partial charge in [-0.2, -0.15) is 0 Å². The van der Waals surface area contributed by atoms with Crippen LogP contribution in [0.3, 0.4) is 0 Å². The number of carbonyl (C=O) groups excluding carboxylic acids is 1. The maximum absolute atomic E-state index is 13.5. The molecule has 0 saturated heterocycles. The Bertz CT molecular complexity index is 624. The highest BCUT2D eigenvalue weighted by Crippen LogP contribution is 2.25. The summed E-state index contributed by atoms with van der Waals surface area (Å²) in [4.78, 5) is 11.5. The Morgan fingerprint density at radius 1 is 1.32 bits per heavy atom. The molecule has 0 aliphatic carbocycles. The van der Waals surface area contributed by atoms with Gasteiger partial charge in [0.25, 0.3) is 0 Å². The second kappa shape index (κ2) is 5.67. The van der Waals surface area contributed by atoms with Crippen LogP contribution in [0.15, 0.2) is 41.0 Å². The van der Waals surface area contributed by atoms with Crippen LogP contribution in [-0.2, 0) is 4.79 Å². The van der Waals surface area contributed by atoms with Crippen LogP contribution in [0.2, 0.25) is 5.02 Å². The smallest absolute Gasteiger partial charge is 0.248 e. The van der Waals surface area contributed by atoms with Gasteiger partial charge in [0.15, 0.2) is 5.82 Å². The first kappa shape index (κ1) is 13.3. The van der Waals surface area contributed by atoms with Gasteiger partial charge in [-0.1, -0.05) is 11.6 Å². The van der Waals surface area contributed by atoms with Crippen LogP contribution in [0.4, 0.5) is 14.5 Å². The molecule has 0 atom stereocenters. The molecule has 19 heavy (non-hydrogen) atoms. The number of hydrogen-bond acceptors (Lipinski definition) is 2. The Hall–Kier alpha value is -2.14. The van der Waals surface area contributed by atoms with Crippen molar-refractivity contribution in [3.8, 4) is 0 Å². The van der Waals surface area contributed by atoms with E-state index in [1.54, 1.807) is 12.1 Å². The Labute approximate surface area is 112 Å². The lowest BCUT2D eigenvalue weighted by molar-refractivity contribution is -0.111. The SMILES string of the molecule is O=C(/C=C\c1ccco1)Nc1ccc(F)c(Cl)c1F. The van der Waals surface area contributed by atoms with E-state index in [2.05, 4.69) is 5.32 Å². The van der Waals surface area contributed by atoms with E-state index >= 15 is 0 Å². The normalized spacial score (nSPS) is 10.9. The second-order valence-corrected chi connectivity index (χ2v) is 3.94. The van der Waals surface area contributed by atoms with Crippen molar-refractivity contribution in [3.63, 3.8) is 0 Å². The molecule has 1 aromatic carbocycles. The van der Waals surface area contributed by atoms with Gasteiger partial charge < -0.3 is 9.73 Å². The van der Waals surface area contributed by atoms with Crippen molar-refractivity contribution in [1.29, 1.82) is 0 Å². The second-order valence-electron chi connectivity index (χ2n) is 3.56. The molecule has 2 rings (SSSR count). The van der Waals surface area contributed by atoms with E-state index in [0.29, 0.717) is 5.76 Å². The highest BCUT2D eigenvalue weighted by Gasteiger charge is 2.12. The minimum absolute atomic E-state index is 0.194. The Balaban J connectivity index is 2.09. The molecule has 98 valence electrons. The topological polar surface area (TPSA) is 42.2 Å². The molecule has 0 unspecified atom stereocenters. The summed E-state index contributed by atoms with van der Waals surface area (Å²) in [6.45, 7) is 0. The first-order chi connectivity index (χ1) is 9.08. The predicted molar refractivity (Wildman–Crippen MR) is 67.7 cm³/mol. The van der Waals surface area contributed by atoms with Crippen molar-refractivity contribution in [2.24, 2.45) is 0 Å². The third kappa shape index (κ3) is 3.20. The molecule has 2 aromatic rings. The first-order valence-electron chi connectivity index (χ1n) is 5.24. The third-order valence-corrected chi connectivity index (χ3v) is 2.58. The quantitative estimate of drug-likeness (QED) is 0.686. The molecular formula is C13H8ClF2NO2. The molecule has 0 fully saturated rings. The Morgan fingerprint density at radius 2 is 2.11 bits per heavy atom. The maximum Gasteiger partial charge on any atom is 0.248 e. The van der Waals surface area contributed by atoms with Gasteiger partial charge in [0.2, 0.25) is 5.91 Å². The van der Waals surface area contributed by atoms with Gasteiger partial charge in [-0.3, -0.25) is 4.79 Å². The molecule has 1 aromatic heterocycles. The number of furan rings is 1. The van der Waals surface area contributed by atoms with Crippen molar-refractivity contribution in [3.05, 3.63) is 59.0 Å². The summed E-state index contributed by atoms with van der Waals surface area (Å²) < 4.78 is 31.4. The molecule has 1 N–H and O–H groups in total. The average molecular weight is 284 g/mol. The van der Waals surface area contributed by atoms with Crippen LogP contribution in [0, 0.1) is 11.6 Å². The molecule has 0 aliphatic rings. The molecule has 1 amide bonds. The van der Waals surface area contributed by atoms with Crippen molar-refractivity contribution in [1.82, 2.24) is 0 Å². The van der Waals surface area contributed by atoms with Gasteiger partial charge in [-0.15, -0.1) is 0 Å². The number of carbonyl (C=O) groups is 1. The summed E-state index contributed by atoms with van der Waals surface area (Å²) in [6, 6.07) is 5.38. The summed E-state index contributed by atoms with van der Waals surface area (Å²) >= 11 is 5.39. The summed E-state index contributed by atoms with van der Waals surface area (Å²) in [5.41, 5.74) is -0.194. The molecular weight excluding hydrogens is 276 g/mol. The number of halogens is 3. The number of benzene rings is 1. The predicted octanol–water partition coefficient (Wildman–Crippen LogP) is 3.86. The average Bonchev–Trinajstić information content (AvgIpc) is 2.90. The Kier molecular flexibility index (Phi) is 3.97. The van der Waals surface area contributed by atoms with Crippen molar-refractivity contribution >= 4 is 29.3 Å². The van der Waals surface area contributed by atoms with Gasteiger partial charge in [0.1, 0.15) is 16.6 Å². The molecule has 0 saturated carbocycles. The molecule has 0 aliphatic heterocycles. The lowest BCUT2D eigenvalue weighted by Crippen LogP contribution is -2.09. The molecule has 0 spiro atoms. The van der Waals surface area contributed by atoms with Crippen LogP contribution >= 0.6 is 11.6 Å². The lowest BCUT2D eigenvalue weighted by Gasteiger charge is -2.05. The van der Waals surface area contributed by atoms with E-state index in [1.165, 1.54) is 12.3 Å². The van der Waals surface area contributed by atoms with Gasteiger partial charge >= 0.3 is 0 Å². The summed E-state index contributed by atoms with van der Waals surface area (Å²) in [5.74, 6) is -2.00. The monoisotopic (exact) mass is 283 g/mol. The Morgan fingerprint density at radius 3 is 2.79 bits per heavy atom. The van der Waals surface area contributed by atoms with E-state index in [-0.39, 0.29) is 5.69 Å². The van der Waals surface area contributed by atoms with Gasteiger partial charge in [-0.05, 0) is 30.3 Å². The number of hydrogen-bond donors (Lipinski definition) is 1. The van der Waals surface area contributed by atoms with Crippen molar-refractivity contribution < 1.29 is 18.0 Å². The number of rotatable bonds is 3. The molecule has 6 heteroatoms. The van der Waals surface area contributed by atoms with E-state index in [9.17, 15) is 13.6 Å². The van der Waals surface area contributed by atoms with Crippen LogP contribution in [-0.4, -0.2) is 5.91 Å². The van der Waals surface area contributed by atoms with E-state index in [0.717, 1.165) is 18.2 Å². The molecule has 0 radical (unpaired) electrons. The minimum atomic E-state index is -1.01. The van der Waals surface area contributed by atoms with Crippen molar-refractivity contribution in [2.45, 2.75) is 0 Å². The molecule has 1 heterocycles. The van der Waals surface area contributed by atoms with Crippen LogP contribution in [0.25, 0.3) is 6.08 Å². The molecule has 0 bridgehead atoms. The van der Waals surface area contributed by atoms with Gasteiger partial charge in [0.05, 0.1) is 12.0 Å². The third-order valence-electron chi connectivity index (χ3n) is 2.24. The van der Waals surface area contributed by atoms with Crippen LogP contribution < -0.4 is 5.32 Å². The summed E-state index contributed by atoms with van der Waals surface area (Å²) in [7, 11) is 0. The van der Waals surface area contributed by atoms with E-state index in [4.69, 9.17) is 16.0 Å². The first-order valence-corrected chi connectivity index (χ1v) is 5.62. The van der Waals surface area contributed by atoms with Gasteiger partial charge in [-0.25, -0.2) is 8.78 Å². The fourth-order valence-corrected chi connectivity index (χ4v) is 1.51. The zero-order valence-corrected chi connectivity index (χ0v) is 10.2. The zero-order valence-electron chi connectivity index (χ0n) is 9.49. The van der Waals surface area contributed by atoms with Crippen LogP contribution in [0.1, 0.15) is 5.76 Å². The fourth-order valence-electron chi connectivity index (χ4n) is 1.34. The number of anilines is 1. The summed E-state index contributed by atoms with van der Waals surface area (Å²) in [6.07, 6.45) is 4.03. The van der Waals surface area contributed by atoms with E-state index in [1.807, 2.05) is 0 Å². The minimum Gasteiger partial charge on any atom is -0.465 e. The van der Waals surface area contributed by atoms with Gasteiger partial charge in [0, 0.05) is 6.08 Å². The lowest BCUT2D eigenvalue weighted by atomic mass is 10.3. The van der Waals surface area contributed by atoms with E-state index < -0.39 is 22.6 Å². The van der Waals surface area contributed by atoms with Crippen LogP contribution in [0.5, 0.6) is 0 Å². The standard InChI is InChI=1S/C13H8ClF2NO2/c14-12-9(15)4-5-10(13(12)16)17-11(18)6-3-8-2-1-7-19-8/h1-7H,(H,17,18)/b6-3-. The highest BCUT2D eigenvalue weighted by atomic mass is 35.5. The maximum atomic E-state index is 13.5.